The van der Waals surface area contributed by atoms with Crippen molar-refractivity contribution >= 4 is 35.2 Å². The number of carbonyl (C=O) groups is 2. The third-order valence-electron chi connectivity index (χ3n) is 4.97. The first-order chi connectivity index (χ1) is 14.8. The fourth-order valence-corrected chi connectivity index (χ4v) is 4.37. The standard InChI is InChI=1S/C24H30ClFN2O2S/c1-4-5-12-27-24(30)18(3)28(14-19-9-6-8-17(2)13-19)23(29)16-31-15-20-21(25)10-7-11-22(20)26/h6-11,13,18H,4-5,12,14-16H2,1-3H3,(H,27,30). The Hall–Kier alpha value is -2.05. The lowest BCUT2D eigenvalue weighted by molar-refractivity contribution is -0.138. The summed E-state index contributed by atoms with van der Waals surface area (Å²) in [5, 5.41) is 3.25. The van der Waals surface area contributed by atoms with E-state index in [9.17, 15) is 14.0 Å². The molecule has 0 aliphatic rings. The molecule has 2 aromatic carbocycles. The van der Waals surface area contributed by atoms with Gasteiger partial charge in [0.2, 0.25) is 11.8 Å². The van der Waals surface area contributed by atoms with Crippen LogP contribution in [0, 0.1) is 12.7 Å². The van der Waals surface area contributed by atoms with Gasteiger partial charge in [-0.2, -0.15) is 0 Å². The maximum absolute atomic E-state index is 14.0. The van der Waals surface area contributed by atoms with Gasteiger partial charge < -0.3 is 10.2 Å². The van der Waals surface area contributed by atoms with Crippen LogP contribution >= 0.6 is 23.4 Å². The van der Waals surface area contributed by atoms with Gasteiger partial charge in [-0.25, -0.2) is 4.39 Å². The number of rotatable bonds is 11. The summed E-state index contributed by atoms with van der Waals surface area (Å²) in [5.74, 6) is -0.309. The molecule has 2 aromatic rings. The predicted molar refractivity (Wildman–Crippen MR) is 127 cm³/mol. The summed E-state index contributed by atoms with van der Waals surface area (Å²) in [7, 11) is 0. The van der Waals surface area contributed by atoms with Gasteiger partial charge in [0.05, 0.1) is 5.75 Å². The van der Waals surface area contributed by atoms with E-state index in [1.54, 1.807) is 24.0 Å². The Morgan fingerprint density at radius 3 is 2.65 bits per heavy atom. The zero-order valence-corrected chi connectivity index (χ0v) is 19.9. The number of halogens is 2. The zero-order valence-electron chi connectivity index (χ0n) is 18.3. The topological polar surface area (TPSA) is 49.4 Å². The van der Waals surface area contributed by atoms with Crippen molar-refractivity contribution in [1.29, 1.82) is 0 Å². The van der Waals surface area contributed by atoms with Gasteiger partial charge in [0.25, 0.3) is 0 Å². The second-order valence-corrected chi connectivity index (χ2v) is 8.92. The molecule has 0 aliphatic carbocycles. The van der Waals surface area contributed by atoms with Crippen LogP contribution in [0.15, 0.2) is 42.5 Å². The monoisotopic (exact) mass is 464 g/mol. The van der Waals surface area contributed by atoms with Crippen LogP contribution in [0.3, 0.4) is 0 Å². The maximum Gasteiger partial charge on any atom is 0.242 e. The number of amides is 2. The van der Waals surface area contributed by atoms with Crippen molar-refractivity contribution in [3.05, 3.63) is 70.0 Å². The Labute approximate surface area is 193 Å². The van der Waals surface area contributed by atoms with E-state index in [0.29, 0.717) is 23.7 Å². The van der Waals surface area contributed by atoms with Crippen LogP contribution in [0.25, 0.3) is 0 Å². The van der Waals surface area contributed by atoms with E-state index in [-0.39, 0.29) is 29.1 Å². The van der Waals surface area contributed by atoms with E-state index in [4.69, 9.17) is 11.6 Å². The lowest BCUT2D eigenvalue weighted by atomic mass is 10.1. The third kappa shape index (κ3) is 7.86. The Bertz CT molecular complexity index is 873. The first-order valence-electron chi connectivity index (χ1n) is 10.5. The van der Waals surface area contributed by atoms with Gasteiger partial charge in [0, 0.05) is 29.4 Å². The van der Waals surface area contributed by atoms with Crippen molar-refractivity contribution in [2.75, 3.05) is 12.3 Å². The molecule has 1 N–H and O–H groups in total. The molecule has 168 valence electrons. The molecule has 31 heavy (non-hydrogen) atoms. The molecule has 1 unspecified atom stereocenters. The van der Waals surface area contributed by atoms with E-state index in [2.05, 4.69) is 12.2 Å². The molecule has 0 aliphatic heterocycles. The molecule has 0 radical (unpaired) electrons. The maximum atomic E-state index is 14.0. The molecule has 2 rings (SSSR count). The Balaban J connectivity index is 2.08. The minimum absolute atomic E-state index is 0.128. The van der Waals surface area contributed by atoms with Crippen molar-refractivity contribution in [2.24, 2.45) is 0 Å². The number of hydrogen-bond acceptors (Lipinski definition) is 3. The number of hydrogen-bond donors (Lipinski definition) is 1. The molecular formula is C24H30ClFN2O2S. The highest BCUT2D eigenvalue weighted by Crippen LogP contribution is 2.24. The highest BCUT2D eigenvalue weighted by atomic mass is 35.5. The average Bonchev–Trinajstić information content (AvgIpc) is 2.73. The van der Waals surface area contributed by atoms with Gasteiger partial charge in [-0.3, -0.25) is 9.59 Å². The molecule has 0 heterocycles. The number of thioether (sulfide) groups is 1. The summed E-state index contributed by atoms with van der Waals surface area (Å²) < 4.78 is 14.0. The van der Waals surface area contributed by atoms with Gasteiger partial charge in [0.1, 0.15) is 11.9 Å². The molecule has 2 amide bonds. The molecule has 0 spiro atoms. The normalized spacial score (nSPS) is 11.8. The number of benzene rings is 2. The number of unbranched alkanes of at least 4 members (excludes halogenated alkanes) is 1. The Morgan fingerprint density at radius 2 is 1.97 bits per heavy atom. The van der Waals surface area contributed by atoms with E-state index >= 15 is 0 Å². The van der Waals surface area contributed by atoms with Gasteiger partial charge in [-0.1, -0.05) is 60.8 Å². The van der Waals surface area contributed by atoms with Crippen molar-refractivity contribution in [1.82, 2.24) is 10.2 Å². The van der Waals surface area contributed by atoms with Crippen molar-refractivity contribution in [3.63, 3.8) is 0 Å². The van der Waals surface area contributed by atoms with Gasteiger partial charge in [-0.05, 0) is 38.0 Å². The molecule has 0 saturated carbocycles. The quantitative estimate of drug-likeness (QED) is 0.456. The molecule has 7 heteroatoms. The largest absolute Gasteiger partial charge is 0.354 e. The van der Waals surface area contributed by atoms with Crippen LogP contribution in [0.4, 0.5) is 4.39 Å². The molecule has 4 nitrogen and oxygen atoms in total. The van der Waals surface area contributed by atoms with Crippen LogP contribution in [0.2, 0.25) is 5.02 Å². The van der Waals surface area contributed by atoms with Crippen molar-refractivity contribution in [3.8, 4) is 0 Å². The minimum atomic E-state index is -0.609. The number of carbonyl (C=O) groups excluding carboxylic acids is 2. The Kier molecular flexibility index (Phi) is 10.3. The van der Waals surface area contributed by atoms with E-state index in [0.717, 1.165) is 24.0 Å². The SMILES string of the molecule is CCCCNC(=O)C(C)N(Cc1cccc(C)c1)C(=O)CSCc1c(F)cccc1Cl. The minimum Gasteiger partial charge on any atom is -0.354 e. The molecule has 1 atom stereocenters. The van der Waals surface area contributed by atoms with E-state index < -0.39 is 6.04 Å². The van der Waals surface area contributed by atoms with Crippen LogP contribution < -0.4 is 5.32 Å². The number of aryl methyl sites for hydroxylation is 1. The van der Waals surface area contributed by atoms with E-state index in [1.165, 1.54) is 17.8 Å². The summed E-state index contributed by atoms with van der Waals surface area (Å²) >= 11 is 7.37. The second kappa shape index (κ2) is 12.7. The average molecular weight is 465 g/mol. The van der Waals surface area contributed by atoms with Crippen molar-refractivity contribution < 1.29 is 14.0 Å². The molecule has 0 saturated heterocycles. The lowest BCUT2D eigenvalue weighted by Crippen LogP contribution is -2.48. The molecule has 0 fully saturated rings. The first kappa shape index (κ1) is 25.2. The number of nitrogens with one attached hydrogen (secondary N) is 1. The summed E-state index contributed by atoms with van der Waals surface area (Å²) in [6, 6.07) is 11.8. The van der Waals surface area contributed by atoms with Gasteiger partial charge in [-0.15, -0.1) is 11.8 Å². The van der Waals surface area contributed by atoms with Crippen LogP contribution in [-0.2, 0) is 21.9 Å². The zero-order chi connectivity index (χ0) is 22.8. The van der Waals surface area contributed by atoms with Gasteiger partial charge in [0.15, 0.2) is 0 Å². The van der Waals surface area contributed by atoms with Crippen LogP contribution in [0.1, 0.15) is 43.4 Å². The van der Waals surface area contributed by atoms with Gasteiger partial charge >= 0.3 is 0 Å². The predicted octanol–water partition coefficient (Wildman–Crippen LogP) is 5.35. The Morgan fingerprint density at radius 1 is 1.23 bits per heavy atom. The number of nitrogens with zero attached hydrogens (tertiary/aromatic N) is 1. The van der Waals surface area contributed by atoms with Crippen LogP contribution in [0.5, 0.6) is 0 Å². The fraction of sp³-hybridized carbons (Fsp3) is 0.417. The molecular weight excluding hydrogens is 435 g/mol. The second-order valence-electron chi connectivity index (χ2n) is 7.52. The fourth-order valence-electron chi connectivity index (χ4n) is 3.12. The summed E-state index contributed by atoms with van der Waals surface area (Å²) in [5.41, 5.74) is 2.44. The molecule has 0 bridgehead atoms. The van der Waals surface area contributed by atoms with Crippen LogP contribution in [-0.4, -0.2) is 35.1 Å². The smallest absolute Gasteiger partial charge is 0.242 e. The van der Waals surface area contributed by atoms with E-state index in [1.807, 2.05) is 31.2 Å². The van der Waals surface area contributed by atoms with Crippen molar-refractivity contribution in [2.45, 2.75) is 52.0 Å². The summed E-state index contributed by atoms with van der Waals surface area (Å²) in [4.78, 5) is 27.3. The third-order valence-corrected chi connectivity index (χ3v) is 6.26. The highest BCUT2D eigenvalue weighted by Gasteiger charge is 2.26. The lowest BCUT2D eigenvalue weighted by Gasteiger charge is -2.29. The summed E-state index contributed by atoms with van der Waals surface area (Å²) in [6.45, 7) is 6.72. The molecule has 0 aromatic heterocycles. The highest BCUT2D eigenvalue weighted by molar-refractivity contribution is 7.99. The summed E-state index contributed by atoms with van der Waals surface area (Å²) in [6.07, 6.45) is 1.87. The first-order valence-corrected chi connectivity index (χ1v) is 12.0.